The van der Waals surface area contributed by atoms with Crippen LogP contribution in [0.5, 0.6) is 0 Å². The number of hydrogen-bond acceptors (Lipinski definition) is 0. The molecule has 0 saturated heterocycles. The Bertz CT molecular complexity index is 965. The highest BCUT2D eigenvalue weighted by Gasteiger charge is 2.09. The third kappa shape index (κ3) is 1.71. The van der Waals surface area contributed by atoms with E-state index >= 15 is 0 Å². The topological polar surface area (TPSA) is 0 Å². The summed E-state index contributed by atoms with van der Waals surface area (Å²) in [7, 11) is 0. The first-order valence-electron chi connectivity index (χ1n) is 7.45. The molecule has 0 heterocycles. The van der Waals surface area contributed by atoms with Gasteiger partial charge in [-0.25, -0.2) is 0 Å². The van der Waals surface area contributed by atoms with Crippen LogP contribution in [0.25, 0.3) is 44.5 Å². The summed E-state index contributed by atoms with van der Waals surface area (Å²) in [5.41, 5.74) is 2.36. The van der Waals surface area contributed by atoms with Gasteiger partial charge in [0.25, 0.3) is 0 Å². The van der Waals surface area contributed by atoms with E-state index in [4.69, 9.17) is 0 Å². The van der Waals surface area contributed by atoms with Gasteiger partial charge in [-0.1, -0.05) is 73.8 Å². The van der Waals surface area contributed by atoms with Gasteiger partial charge < -0.3 is 0 Å². The van der Waals surface area contributed by atoms with Crippen LogP contribution in [0.4, 0.5) is 0 Å². The fraction of sp³-hybridized carbons (Fsp3) is 0. The largest absolute Gasteiger partial charge is 0.0984 e. The zero-order chi connectivity index (χ0) is 15.1. The second kappa shape index (κ2) is 4.85. The maximum atomic E-state index is 3.99. The van der Waals surface area contributed by atoms with Crippen LogP contribution in [-0.4, -0.2) is 0 Å². The first-order valence-corrected chi connectivity index (χ1v) is 7.45. The molecule has 0 unspecified atom stereocenters. The van der Waals surface area contributed by atoms with Gasteiger partial charge in [0.2, 0.25) is 0 Å². The van der Waals surface area contributed by atoms with Crippen molar-refractivity contribution in [2.75, 3.05) is 0 Å². The maximum Gasteiger partial charge on any atom is -0.00926 e. The Morgan fingerprint density at radius 2 is 0.864 bits per heavy atom. The smallest absolute Gasteiger partial charge is 0.00926 e. The van der Waals surface area contributed by atoms with Crippen molar-refractivity contribution in [3.63, 3.8) is 0 Å². The molecule has 4 aromatic carbocycles. The molecule has 4 rings (SSSR count). The molecular formula is C22H16. The molecule has 0 aliphatic carbocycles. The minimum atomic E-state index is 1.18. The molecule has 0 N–H and O–H groups in total. The molecule has 0 atom stereocenters. The predicted molar refractivity (Wildman–Crippen MR) is 99.1 cm³/mol. The van der Waals surface area contributed by atoms with E-state index in [2.05, 4.69) is 73.8 Å². The molecule has 0 aliphatic rings. The highest BCUT2D eigenvalue weighted by atomic mass is 14.1. The molecule has 22 heavy (non-hydrogen) atoms. The average Bonchev–Trinajstić information content (AvgIpc) is 2.60. The summed E-state index contributed by atoms with van der Waals surface area (Å²) in [6.07, 6.45) is 3.88. The van der Waals surface area contributed by atoms with Crippen LogP contribution in [0.15, 0.2) is 73.8 Å². The first-order chi connectivity index (χ1) is 10.8. The van der Waals surface area contributed by atoms with E-state index in [1.165, 1.54) is 43.4 Å². The Morgan fingerprint density at radius 1 is 0.500 bits per heavy atom. The zero-order valence-corrected chi connectivity index (χ0v) is 12.3. The molecule has 0 heteroatoms. The van der Waals surface area contributed by atoms with Gasteiger partial charge in [-0.15, -0.1) is 0 Å². The second-order valence-corrected chi connectivity index (χ2v) is 5.53. The van der Waals surface area contributed by atoms with Crippen LogP contribution in [0, 0.1) is 0 Å². The molecule has 104 valence electrons. The molecule has 0 aliphatic heterocycles. The minimum Gasteiger partial charge on any atom is -0.0984 e. The third-order valence-corrected chi connectivity index (χ3v) is 4.39. The number of benzene rings is 4. The highest BCUT2D eigenvalue weighted by Crippen LogP contribution is 2.36. The molecule has 0 bridgehead atoms. The van der Waals surface area contributed by atoms with Gasteiger partial charge in [-0.05, 0) is 55.6 Å². The van der Waals surface area contributed by atoms with E-state index in [1.54, 1.807) is 0 Å². The molecule has 0 fully saturated rings. The monoisotopic (exact) mass is 280 g/mol. The van der Waals surface area contributed by atoms with Crippen LogP contribution in [-0.2, 0) is 0 Å². The number of fused-ring (bicyclic) bond motifs is 5. The van der Waals surface area contributed by atoms with E-state index in [0.29, 0.717) is 0 Å². The van der Waals surface area contributed by atoms with E-state index in [0.717, 1.165) is 0 Å². The van der Waals surface area contributed by atoms with Gasteiger partial charge >= 0.3 is 0 Å². The Balaban J connectivity index is 2.36. The van der Waals surface area contributed by atoms with Crippen molar-refractivity contribution in [3.8, 4) is 0 Å². The van der Waals surface area contributed by atoms with E-state index in [9.17, 15) is 0 Å². The summed E-state index contributed by atoms with van der Waals surface area (Å²) >= 11 is 0. The quantitative estimate of drug-likeness (QED) is 0.371. The molecule has 0 amide bonds. The van der Waals surface area contributed by atoms with Gasteiger partial charge in [0.05, 0.1) is 0 Å². The van der Waals surface area contributed by atoms with Crippen LogP contribution < -0.4 is 0 Å². The fourth-order valence-corrected chi connectivity index (χ4v) is 3.34. The van der Waals surface area contributed by atoms with Gasteiger partial charge in [0.15, 0.2) is 0 Å². The Kier molecular flexibility index (Phi) is 2.83. The van der Waals surface area contributed by atoms with Crippen LogP contribution in [0.2, 0.25) is 0 Å². The van der Waals surface area contributed by atoms with Crippen LogP contribution >= 0.6 is 0 Å². The van der Waals surface area contributed by atoms with Crippen molar-refractivity contribution >= 4 is 44.5 Å². The van der Waals surface area contributed by atoms with Crippen molar-refractivity contribution < 1.29 is 0 Å². The SMILES string of the molecule is C=Cc1cc2c3ccccc3c(C=C)cc2c2ccccc12. The van der Waals surface area contributed by atoms with Crippen molar-refractivity contribution in [1.82, 2.24) is 0 Å². The van der Waals surface area contributed by atoms with Crippen molar-refractivity contribution in [1.29, 1.82) is 0 Å². The lowest BCUT2D eigenvalue weighted by Crippen LogP contribution is -1.87. The van der Waals surface area contributed by atoms with Crippen molar-refractivity contribution in [3.05, 3.63) is 84.9 Å². The van der Waals surface area contributed by atoms with Crippen LogP contribution in [0.1, 0.15) is 11.1 Å². The average molecular weight is 280 g/mol. The lowest BCUT2D eigenvalue weighted by atomic mass is 9.91. The lowest BCUT2D eigenvalue weighted by molar-refractivity contribution is 1.73. The Morgan fingerprint density at radius 3 is 1.23 bits per heavy atom. The van der Waals surface area contributed by atoms with E-state index in [1.807, 2.05) is 12.2 Å². The molecule has 0 nitrogen and oxygen atoms in total. The van der Waals surface area contributed by atoms with Gasteiger partial charge in [-0.2, -0.15) is 0 Å². The summed E-state index contributed by atoms with van der Waals surface area (Å²) < 4.78 is 0. The standard InChI is InChI=1S/C22H16/c1-3-15-13-21-20-12-8-6-10-18(20)16(4-2)14-22(21)19-11-7-5-9-17(15)19/h3-14H,1-2H2. The van der Waals surface area contributed by atoms with Gasteiger partial charge in [0.1, 0.15) is 0 Å². The first kappa shape index (κ1) is 12.8. The summed E-state index contributed by atoms with van der Waals surface area (Å²) in [5.74, 6) is 0. The summed E-state index contributed by atoms with van der Waals surface area (Å²) in [6.45, 7) is 7.97. The predicted octanol–water partition coefficient (Wildman–Crippen LogP) is 6.43. The van der Waals surface area contributed by atoms with Crippen molar-refractivity contribution in [2.24, 2.45) is 0 Å². The second-order valence-electron chi connectivity index (χ2n) is 5.53. The maximum absolute atomic E-state index is 3.99. The fourth-order valence-electron chi connectivity index (χ4n) is 3.34. The molecule has 0 saturated carbocycles. The minimum absolute atomic E-state index is 1.18. The summed E-state index contributed by atoms with van der Waals surface area (Å²) in [6, 6.07) is 21.5. The third-order valence-electron chi connectivity index (χ3n) is 4.39. The summed E-state index contributed by atoms with van der Waals surface area (Å²) in [5, 5.41) is 7.57. The Labute approximate surface area is 130 Å². The van der Waals surface area contributed by atoms with Crippen LogP contribution in [0.3, 0.4) is 0 Å². The molecule has 0 spiro atoms. The van der Waals surface area contributed by atoms with Crippen molar-refractivity contribution in [2.45, 2.75) is 0 Å². The molecule has 0 radical (unpaired) electrons. The molecular weight excluding hydrogens is 264 g/mol. The molecule has 4 aromatic rings. The van der Waals surface area contributed by atoms with E-state index < -0.39 is 0 Å². The summed E-state index contributed by atoms with van der Waals surface area (Å²) in [4.78, 5) is 0. The Hall–Kier alpha value is -2.86. The van der Waals surface area contributed by atoms with E-state index in [-0.39, 0.29) is 0 Å². The number of hydrogen-bond donors (Lipinski definition) is 0. The lowest BCUT2D eigenvalue weighted by Gasteiger charge is -2.12. The highest BCUT2D eigenvalue weighted by molar-refractivity contribution is 6.20. The van der Waals surface area contributed by atoms with Gasteiger partial charge in [-0.3, -0.25) is 0 Å². The number of rotatable bonds is 2. The van der Waals surface area contributed by atoms with Gasteiger partial charge in [0, 0.05) is 0 Å². The zero-order valence-electron chi connectivity index (χ0n) is 12.3. The normalized spacial score (nSPS) is 11.1. The molecule has 0 aromatic heterocycles.